The topological polar surface area (TPSA) is 88.3 Å². The van der Waals surface area contributed by atoms with E-state index < -0.39 is 11.4 Å². The standard InChI is InChI=1S/C15H16N4O3/c1-15(14(21)22)5-7-18(10-15)13(20)11-3-2-4-12(9-11)19-8-6-16-17-19/h2-4,6,8-9H,5,7,10H2,1H3,(H,21,22)/t15-/m0/s1. The Morgan fingerprint density at radius 1 is 1.36 bits per heavy atom. The number of aromatic nitrogens is 3. The van der Waals surface area contributed by atoms with E-state index in [4.69, 9.17) is 0 Å². The Kier molecular flexibility index (Phi) is 3.40. The fraction of sp³-hybridized carbons (Fsp3) is 0.333. The molecule has 1 fully saturated rings. The molecule has 1 aromatic heterocycles. The maximum absolute atomic E-state index is 12.6. The molecule has 1 atom stereocenters. The summed E-state index contributed by atoms with van der Waals surface area (Å²) in [5.41, 5.74) is 0.394. The predicted octanol–water partition coefficient (Wildman–Crippen LogP) is 1.20. The molecule has 0 saturated carbocycles. The van der Waals surface area contributed by atoms with Gasteiger partial charge < -0.3 is 10.0 Å². The van der Waals surface area contributed by atoms with Crippen molar-refractivity contribution in [2.45, 2.75) is 13.3 Å². The van der Waals surface area contributed by atoms with Gasteiger partial charge in [-0.05, 0) is 31.5 Å². The molecule has 22 heavy (non-hydrogen) atoms. The van der Waals surface area contributed by atoms with Gasteiger partial charge in [0.05, 0.1) is 23.5 Å². The van der Waals surface area contributed by atoms with Gasteiger partial charge >= 0.3 is 5.97 Å². The van der Waals surface area contributed by atoms with Crippen LogP contribution in [0.4, 0.5) is 0 Å². The third kappa shape index (κ3) is 2.45. The van der Waals surface area contributed by atoms with Crippen LogP contribution in [0.15, 0.2) is 36.7 Å². The molecule has 3 rings (SSSR count). The van der Waals surface area contributed by atoms with Crippen molar-refractivity contribution < 1.29 is 14.7 Å². The smallest absolute Gasteiger partial charge is 0.311 e. The minimum Gasteiger partial charge on any atom is -0.481 e. The zero-order valence-electron chi connectivity index (χ0n) is 12.1. The molecule has 1 aliphatic heterocycles. The van der Waals surface area contributed by atoms with Crippen LogP contribution >= 0.6 is 0 Å². The number of carbonyl (C=O) groups excluding carboxylic acids is 1. The van der Waals surface area contributed by atoms with E-state index in [1.54, 1.807) is 47.1 Å². The largest absolute Gasteiger partial charge is 0.481 e. The quantitative estimate of drug-likeness (QED) is 0.920. The van der Waals surface area contributed by atoms with Crippen LogP contribution in [0.5, 0.6) is 0 Å². The third-order valence-corrected chi connectivity index (χ3v) is 4.06. The molecule has 1 N–H and O–H groups in total. The molecule has 0 spiro atoms. The molecule has 1 aliphatic rings. The zero-order valence-corrected chi connectivity index (χ0v) is 12.1. The Labute approximate surface area is 127 Å². The van der Waals surface area contributed by atoms with Crippen LogP contribution in [0.1, 0.15) is 23.7 Å². The molecule has 2 heterocycles. The maximum Gasteiger partial charge on any atom is 0.311 e. The van der Waals surface area contributed by atoms with Crippen molar-refractivity contribution in [1.29, 1.82) is 0 Å². The lowest BCUT2D eigenvalue weighted by molar-refractivity contribution is -0.147. The molecule has 7 heteroatoms. The van der Waals surface area contributed by atoms with E-state index >= 15 is 0 Å². The van der Waals surface area contributed by atoms with Gasteiger partial charge in [0, 0.05) is 18.7 Å². The number of nitrogens with zero attached hydrogens (tertiary/aromatic N) is 4. The number of amides is 1. The highest BCUT2D eigenvalue weighted by atomic mass is 16.4. The van der Waals surface area contributed by atoms with Crippen LogP contribution in [0, 0.1) is 5.41 Å². The molecule has 1 amide bonds. The molecular formula is C15H16N4O3. The van der Waals surface area contributed by atoms with Crippen molar-refractivity contribution >= 4 is 11.9 Å². The summed E-state index contributed by atoms with van der Waals surface area (Å²) in [5, 5.41) is 16.9. The third-order valence-electron chi connectivity index (χ3n) is 4.06. The molecule has 2 aromatic rings. The second-order valence-corrected chi connectivity index (χ2v) is 5.74. The Morgan fingerprint density at radius 2 is 2.18 bits per heavy atom. The minimum absolute atomic E-state index is 0.160. The zero-order chi connectivity index (χ0) is 15.7. The Balaban J connectivity index is 1.82. The average molecular weight is 300 g/mol. The predicted molar refractivity (Wildman–Crippen MR) is 77.6 cm³/mol. The van der Waals surface area contributed by atoms with Gasteiger partial charge in [0.15, 0.2) is 0 Å². The fourth-order valence-electron chi connectivity index (χ4n) is 2.62. The van der Waals surface area contributed by atoms with Gasteiger partial charge in [0.2, 0.25) is 0 Å². The van der Waals surface area contributed by atoms with Crippen molar-refractivity contribution in [1.82, 2.24) is 19.9 Å². The van der Waals surface area contributed by atoms with Crippen LogP contribution in [0.2, 0.25) is 0 Å². The first kappa shape index (κ1) is 14.2. The van der Waals surface area contributed by atoms with Crippen molar-refractivity contribution in [3.8, 4) is 5.69 Å². The van der Waals surface area contributed by atoms with Gasteiger partial charge in [0.1, 0.15) is 0 Å². The molecule has 7 nitrogen and oxygen atoms in total. The Morgan fingerprint density at radius 3 is 2.82 bits per heavy atom. The number of carbonyl (C=O) groups is 2. The highest BCUT2D eigenvalue weighted by molar-refractivity contribution is 5.95. The van der Waals surface area contributed by atoms with Crippen LogP contribution in [0.25, 0.3) is 5.69 Å². The first-order valence-electron chi connectivity index (χ1n) is 6.99. The fourth-order valence-corrected chi connectivity index (χ4v) is 2.62. The van der Waals surface area contributed by atoms with Crippen molar-refractivity contribution in [3.05, 3.63) is 42.2 Å². The molecule has 0 radical (unpaired) electrons. The summed E-state index contributed by atoms with van der Waals surface area (Å²) in [6.45, 7) is 2.36. The molecular weight excluding hydrogens is 284 g/mol. The first-order valence-corrected chi connectivity index (χ1v) is 6.99. The highest BCUT2D eigenvalue weighted by Crippen LogP contribution is 2.31. The van der Waals surface area contributed by atoms with Crippen molar-refractivity contribution in [2.24, 2.45) is 5.41 Å². The molecule has 0 unspecified atom stereocenters. The van der Waals surface area contributed by atoms with Crippen LogP contribution in [-0.4, -0.2) is 50.0 Å². The van der Waals surface area contributed by atoms with Gasteiger partial charge in [-0.2, -0.15) is 0 Å². The summed E-state index contributed by atoms with van der Waals surface area (Å²) in [6, 6.07) is 7.06. The van der Waals surface area contributed by atoms with Crippen LogP contribution in [0.3, 0.4) is 0 Å². The average Bonchev–Trinajstić information content (AvgIpc) is 3.17. The summed E-state index contributed by atoms with van der Waals surface area (Å²) in [5.74, 6) is -1.02. The SMILES string of the molecule is C[C@]1(C(=O)O)CCN(C(=O)c2cccc(-n3ccnn3)c2)C1. The molecule has 1 aromatic carbocycles. The number of hydrogen-bond acceptors (Lipinski definition) is 4. The monoisotopic (exact) mass is 300 g/mol. The van der Waals surface area contributed by atoms with E-state index in [1.807, 2.05) is 6.07 Å². The van der Waals surface area contributed by atoms with Gasteiger partial charge in [0.25, 0.3) is 5.91 Å². The number of rotatable bonds is 3. The van der Waals surface area contributed by atoms with E-state index in [0.717, 1.165) is 5.69 Å². The van der Waals surface area contributed by atoms with Crippen LogP contribution in [-0.2, 0) is 4.79 Å². The maximum atomic E-state index is 12.6. The summed E-state index contributed by atoms with van der Waals surface area (Å²) >= 11 is 0. The second-order valence-electron chi connectivity index (χ2n) is 5.74. The second kappa shape index (κ2) is 5.25. The van der Waals surface area contributed by atoms with E-state index in [2.05, 4.69) is 10.3 Å². The van der Waals surface area contributed by atoms with Crippen molar-refractivity contribution in [2.75, 3.05) is 13.1 Å². The van der Waals surface area contributed by atoms with Crippen LogP contribution < -0.4 is 0 Å². The van der Waals surface area contributed by atoms with Crippen molar-refractivity contribution in [3.63, 3.8) is 0 Å². The lowest BCUT2D eigenvalue weighted by atomic mass is 9.90. The van der Waals surface area contributed by atoms with Gasteiger partial charge in [-0.25, -0.2) is 4.68 Å². The minimum atomic E-state index is -0.862. The van der Waals surface area contributed by atoms with E-state index in [1.165, 1.54) is 0 Å². The van der Waals surface area contributed by atoms with Gasteiger partial charge in [-0.1, -0.05) is 11.3 Å². The number of benzene rings is 1. The van der Waals surface area contributed by atoms with Gasteiger partial charge in [-0.15, -0.1) is 5.10 Å². The first-order chi connectivity index (χ1) is 10.5. The molecule has 0 aliphatic carbocycles. The number of hydrogen-bond donors (Lipinski definition) is 1. The normalized spacial score (nSPS) is 21.0. The number of carboxylic acid groups (broad SMARTS) is 1. The molecule has 1 saturated heterocycles. The summed E-state index contributed by atoms with van der Waals surface area (Å²) < 4.78 is 1.57. The summed E-state index contributed by atoms with van der Waals surface area (Å²) in [7, 11) is 0. The molecule has 0 bridgehead atoms. The number of aliphatic carboxylic acids is 1. The summed E-state index contributed by atoms with van der Waals surface area (Å²) in [4.78, 5) is 25.4. The summed E-state index contributed by atoms with van der Waals surface area (Å²) in [6.07, 6.45) is 3.73. The highest BCUT2D eigenvalue weighted by Gasteiger charge is 2.42. The lowest BCUT2D eigenvalue weighted by Gasteiger charge is -2.20. The Bertz CT molecular complexity index is 713. The Hall–Kier alpha value is -2.70. The van der Waals surface area contributed by atoms with E-state index in [0.29, 0.717) is 18.5 Å². The van der Waals surface area contributed by atoms with E-state index in [9.17, 15) is 14.7 Å². The molecule has 114 valence electrons. The lowest BCUT2D eigenvalue weighted by Crippen LogP contribution is -2.34. The van der Waals surface area contributed by atoms with E-state index in [-0.39, 0.29) is 12.5 Å². The number of carboxylic acids is 1. The number of likely N-dealkylation sites (tertiary alicyclic amines) is 1. The van der Waals surface area contributed by atoms with Gasteiger partial charge in [-0.3, -0.25) is 9.59 Å².